The molecule has 0 fully saturated rings. The Balaban J connectivity index is 1.95. The summed E-state index contributed by atoms with van der Waals surface area (Å²) in [6.45, 7) is -0.146. The van der Waals surface area contributed by atoms with Crippen LogP contribution >= 0.6 is 43.2 Å². The van der Waals surface area contributed by atoms with E-state index in [1.807, 2.05) is 0 Å². The predicted molar refractivity (Wildman–Crippen MR) is 87.2 cm³/mol. The summed E-state index contributed by atoms with van der Waals surface area (Å²) in [6.07, 6.45) is 0. The largest absolute Gasteiger partial charge is 0.299 e. The highest BCUT2D eigenvalue weighted by Crippen LogP contribution is 2.36. The van der Waals surface area contributed by atoms with E-state index in [2.05, 4.69) is 31.9 Å². The summed E-state index contributed by atoms with van der Waals surface area (Å²) in [5, 5.41) is 0. The number of ketones is 2. The molecule has 1 aromatic heterocycles. The van der Waals surface area contributed by atoms with E-state index < -0.39 is 11.7 Å². The van der Waals surface area contributed by atoms with Gasteiger partial charge in [-0.3, -0.25) is 19.3 Å². The molecule has 0 atom stereocenters. The number of thiophene rings is 1. The number of amides is 1. The van der Waals surface area contributed by atoms with Crippen molar-refractivity contribution < 1.29 is 14.4 Å². The van der Waals surface area contributed by atoms with Gasteiger partial charge in [0.2, 0.25) is 0 Å². The molecule has 7 heteroatoms. The summed E-state index contributed by atoms with van der Waals surface area (Å²) in [7, 11) is 0. The average Bonchev–Trinajstić information content (AvgIpc) is 2.98. The van der Waals surface area contributed by atoms with Crippen LogP contribution in [-0.2, 0) is 4.79 Å². The molecule has 106 valence electrons. The van der Waals surface area contributed by atoms with Crippen LogP contribution in [0, 0.1) is 0 Å². The summed E-state index contributed by atoms with van der Waals surface area (Å²) >= 11 is 7.93. The fourth-order valence-corrected chi connectivity index (χ4v) is 4.04. The smallest absolute Gasteiger partial charge is 0.296 e. The highest BCUT2D eigenvalue weighted by atomic mass is 79.9. The summed E-state index contributed by atoms with van der Waals surface area (Å²) in [5.41, 5.74) is 0.797. The van der Waals surface area contributed by atoms with Crippen molar-refractivity contribution in [3.63, 3.8) is 0 Å². The second-order valence-corrected chi connectivity index (χ2v) is 7.70. The van der Waals surface area contributed by atoms with Crippen LogP contribution in [0.5, 0.6) is 0 Å². The fraction of sp³-hybridized carbons (Fsp3) is 0.0714. The number of hydrogen-bond donors (Lipinski definition) is 0. The quantitative estimate of drug-likeness (QED) is 0.553. The molecule has 4 nitrogen and oxygen atoms in total. The average molecular weight is 429 g/mol. The number of benzene rings is 1. The summed E-state index contributed by atoms with van der Waals surface area (Å²) in [5.74, 6) is -1.44. The molecule has 1 amide bonds. The third kappa shape index (κ3) is 2.49. The van der Waals surface area contributed by atoms with Crippen LogP contribution in [0.4, 0.5) is 5.69 Å². The molecule has 21 heavy (non-hydrogen) atoms. The number of Topliss-reactive ketones (excluding diaryl/α,β-unsaturated/α-hetero) is 2. The number of rotatable bonds is 3. The first-order valence-electron chi connectivity index (χ1n) is 5.92. The molecule has 2 aromatic rings. The highest BCUT2D eigenvalue weighted by molar-refractivity contribution is 9.11. The van der Waals surface area contributed by atoms with Gasteiger partial charge >= 0.3 is 0 Å². The molecule has 3 rings (SSSR count). The van der Waals surface area contributed by atoms with Gasteiger partial charge in [0, 0.05) is 4.47 Å². The maximum absolute atomic E-state index is 12.3. The van der Waals surface area contributed by atoms with Gasteiger partial charge in [-0.1, -0.05) is 6.07 Å². The monoisotopic (exact) mass is 427 g/mol. The first-order valence-corrected chi connectivity index (χ1v) is 8.32. The molecule has 0 radical (unpaired) electrons. The van der Waals surface area contributed by atoms with E-state index in [0.717, 1.165) is 3.79 Å². The Labute approximate surface area is 141 Å². The zero-order chi connectivity index (χ0) is 15.1. The van der Waals surface area contributed by atoms with E-state index >= 15 is 0 Å². The number of carbonyl (C=O) groups excluding carboxylic acids is 3. The lowest BCUT2D eigenvalue weighted by Crippen LogP contribution is -2.34. The Kier molecular flexibility index (Phi) is 3.81. The molecule has 1 aromatic carbocycles. The molecule has 1 aliphatic rings. The Hall–Kier alpha value is -1.31. The summed E-state index contributed by atoms with van der Waals surface area (Å²) in [4.78, 5) is 38.1. The van der Waals surface area contributed by atoms with Gasteiger partial charge in [-0.15, -0.1) is 11.3 Å². The molecule has 0 spiro atoms. The maximum atomic E-state index is 12.3. The SMILES string of the molecule is O=C(CN1C(=O)C(=O)c2cccc(Br)c21)c1ccc(Br)s1. The van der Waals surface area contributed by atoms with Crippen LogP contribution in [0.1, 0.15) is 20.0 Å². The maximum Gasteiger partial charge on any atom is 0.299 e. The van der Waals surface area contributed by atoms with Crippen LogP contribution in [0.2, 0.25) is 0 Å². The first kappa shape index (κ1) is 14.6. The number of para-hydroxylation sites is 1. The van der Waals surface area contributed by atoms with Gasteiger partial charge in [-0.25, -0.2) is 0 Å². The third-order valence-corrected chi connectivity index (χ3v) is 5.40. The van der Waals surface area contributed by atoms with E-state index in [4.69, 9.17) is 0 Å². The van der Waals surface area contributed by atoms with Gasteiger partial charge in [0.05, 0.1) is 26.5 Å². The van der Waals surface area contributed by atoms with Gasteiger partial charge in [0.1, 0.15) is 0 Å². The fourth-order valence-electron chi connectivity index (χ4n) is 2.15. The first-order chi connectivity index (χ1) is 9.99. The number of nitrogens with zero attached hydrogens (tertiary/aromatic N) is 1. The Morgan fingerprint density at radius 3 is 2.57 bits per heavy atom. The van der Waals surface area contributed by atoms with Crippen molar-refractivity contribution in [2.45, 2.75) is 0 Å². The summed E-state index contributed by atoms with van der Waals surface area (Å²) < 4.78 is 1.47. The van der Waals surface area contributed by atoms with E-state index in [1.165, 1.54) is 16.2 Å². The van der Waals surface area contributed by atoms with Crippen molar-refractivity contribution in [2.24, 2.45) is 0 Å². The lowest BCUT2D eigenvalue weighted by Gasteiger charge is -2.16. The van der Waals surface area contributed by atoms with Crippen LogP contribution in [0.15, 0.2) is 38.6 Å². The molecule has 2 heterocycles. The standard InChI is InChI=1S/C14H7Br2NO3S/c15-8-3-1-2-7-12(8)17(14(20)13(7)19)6-9(18)10-4-5-11(16)21-10/h1-5H,6H2. The van der Waals surface area contributed by atoms with Crippen LogP contribution in [0.25, 0.3) is 0 Å². The normalized spacial score (nSPS) is 13.7. The Morgan fingerprint density at radius 1 is 1.14 bits per heavy atom. The van der Waals surface area contributed by atoms with E-state index in [9.17, 15) is 14.4 Å². The van der Waals surface area contributed by atoms with Crippen molar-refractivity contribution >= 4 is 66.4 Å². The second kappa shape index (κ2) is 5.47. The summed E-state index contributed by atoms with van der Waals surface area (Å²) in [6, 6.07) is 8.49. The number of hydrogen-bond acceptors (Lipinski definition) is 4. The van der Waals surface area contributed by atoms with Crippen LogP contribution in [0.3, 0.4) is 0 Å². The van der Waals surface area contributed by atoms with E-state index in [-0.39, 0.29) is 12.3 Å². The van der Waals surface area contributed by atoms with Gasteiger partial charge in [0.15, 0.2) is 5.78 Å². The zero-order valence-corrected chi connectivity index (χ0v) is 14.4. The molecule has 0 saturated carbocycles. The van der Waals surface area contributed by atoms with Crippen molar-refractivity contribution in [3.05, 3.63) is 49.0 Å². The van der Waals surface area contributed by atoms with Gasteiger partial charge < -0.3 is 0 Å². The highest BCUT2D eigenvalue weighted by Gasteiger charge is 2.38. The Morgan fingerprint density at radius 2 is 1.90 bits per heavy atom. The third-order valence-electron chi connectivity index (χ3n) is 3.09. The number of halogens is 2. The Bertz CT molecular complexity index is 784. The molecular weight excluding hydrogens is 422 g/mol. The van der Waals surface area contributed by atoms with Crippen molar-refractivity contribution in [1.29, 1.82) is 0 Å². The van der Waals surface area contributed by atoms with Crippen LogP contribution in [-0.4, -0.2) is 24.0 Å². The molecule has 1 aliphatic heterocycles. The predicted octanol–water partition coefficient (Wildman–Crippen LogP) is 3.69. The molecule has 0 bridgehead atoms. The molecule has 0 unspecified atom stereocenters. The lowest BCUT2D eigenvalue weighted by molar-refractivity contribution is -0.114. The van der Waals surface area contributed by atoms with Crippen molar-refractivity contribution in [2.75, 3.05) is 11.4 Å². The zero-order valence-electron chi connectivity index (χ0n) is 10.4. The molecular formula is C14H7Br2NO3S. The number of anilines is 1. The minimum absolute atomic E-state index is 0.146. The molecule has 0 aliphatic carbocycles. The van der Waals surface area contributed by atoms with Gasteiger partial charge in [-0.2, -0.15) is 0 Å². The molecule has 0 saturated heterocycles. The van der Waals surface area contributed by atoms with E-state index in [0.29, 0.717) is 20.6 Å². The van der Waals surface area contributed by atoms with E-state index in [1.54, 1.807) is 30.3 Å². The number of carbonyl (C=O) groups is 3. The topological polar surface area (TPSA) is 54.5 Å². The minimum Gasteiger partial charge on any atom is -0.296 e. The van der Waals surface area contributed by atoms with Crippen molar-refractivity contribution in [1.82, 2.24) is 0 Å². The number of fused-ring (bicyclic) bond motifs is 1. The van der Waals surface area contributed by atoms with Gasteiger partial charge in [-0.05, 0) is 56.1 Å². The van der Waals surface area contributed by atoms with Gasteiger partial charge in [0.25, 0.3) is 11.7 Å². The second-order valence-electron chi connectivity index (χ2n) is 4.38. The molecule has 0 N–H and O–H groups in total. The van der Waals surface area contributed by atoms with Crippen LogP contribution < -0.4 is 4.90 Å². The minimum atomic E-state index is -0.666. The lowest BCUT2D eigenvalue weighted by atomic mass is 10.1. The van der Waals surface area contributed by atoms with Crippen molar-refractivity contribution in [3.8, 4) is 0 Å².